The van der Waals surface area contributed by atoms with Gasteiger partial charge in [-0.1, -0.05) is 0 Å². The van der Waals surface area contributed by atoms with Crippen molar-refractivity contribution in [2.75, 3.05) is 7.11 Å². The van der Waals surface area contributed by atoms with E-state index in [-0.39, 0.29) is 24.1 Å². The predicted molar refractivity (Wildman–Crippen MR) is 69.9 cm³/mol. The minimum atomic E-state index is -0.530. The van der Waals surface area contributed by atoms with E-state index in [1.807, 2.05) is 13.8 Å². The van der Waals surface area contributed by atoms with Gasteiger partial charge in [-0.2, -0.15) is 0 Å². The van der Waals surface area contributed by atoms with E-state index < -0.39 is 5.97 Å². The van der Waals surface area contributed by atoms with Gasteiger partial charge in [0.15, 0.2) is 11.4 Å². The first-order valence-electron chi connectivity index (χ1n) is 5.49. The molecular weight excluding hydrogens is 302 g/mol. The Balaban J connectivity index is 3.27. The van der Waals surface area contributed by atoms with Crippen LogP contribution in [0.25, 0.3) is 0 Å². The van der Waals surface area contributed by atoms with Crippen LogP contribution in [0.3, 0.4) is 0 Å². The van der Waals surface area contributed by atoms with Gasteiger partial charge in [0, 0.05) is 6.20 Å². The number of rotatable bonds is 5. The summed E-state index contributed by atoms with van der Waals surface area (Å²) in [5.41, 5.74) is 0.244. The summed E-state index contributed by atoms with van der Waals surface area (Å²) in [6, 6.07) is 0. The summed E-state index contributed by atoms with van der Waals surface area (Å²) >= 11 is 3.32. The lowest BCUT2D eigenvalue weighted by Gasteiger charge is -2.12. The van der Waals surface area contributed by atoms with Crippen molar-refractivity contribution in [2.45, 2.75) is 33.4 Å². The first-order chi connectivity index (χ1) is 8.36. The Kier molecular flexibility index (Phi) is 4.95. The standard InChI is InChI=1S/C12H16BrNO4/c1-7(2)18-11-9(13)6-14(5-8(3)15)10(11)12(16)17-4/h6-7H,5H2,1-4H3. The van der Waals surface area contributed by atoms with Gasteiger partial charge in [0.05, 0.1) is 24.2 Å². The summed E-state index contributed by atoms with van der Waals surface area (Å²) in [5.74, 6) is -0.186. The molecule has 0 aromatic carbocycles. The van der Waals surface area contributed by atoms with Gasteiger partial charge in [-0.3, -0.25) is 4.79 Å². The normalized spacial score (nSPS) is 10.6. The first-order valence-corrected chi connectivity index (χ1v) is 6.29. The third-order valence-corrected chi connectivity index (χ3v) is 2.68. The number of halogens is 1. The maximum Gasteiger partial charge on any atom is 0.358 e. The number of carbonyl (C=O) groups excluding carboxylic acids is 2. The van der Waals surface area contributed by atoms with Gasteiger partial charge >= 0.3 is 5.97 Å². The lowest BCUT2D eigenvalue weighted by Crippen LogP contribution is -2.16. The van der Waals surface area contributed by atoms with Crippen LogP contribution in [0.5, 0.6) is 5.75 Å². The number of nitrogens with zero attached hydrogens (tertiary/aromatic N) is 1. The zero-order chi connectivity index (χ0) is 13.9. The summed E-state index contributed by atoms with van der Waals surface area (Å²) in [7, 11) is 1.29. The van der Waals surface area contributed by atoms with Gasteiger partial charge in [-0.05, 0) is 36.7 Å². The molecule has 0 amide bonds. The number of hydrogen-bond donors (Lipinski definition) is 0. The molecule has 0 aliphatic heterocycles. The number of ketones is 1. The Labute approximate surface area is 114 Å². The third-order valence-electron chi connectivity index (χ3n) is 2.11. The maximum absolute atomic E-state index is 11.8. The second-order valence-corrected chi connectivity index (χ2v) is 5.00. The van der Waals surface area contributed by atoms with Crippen molar-refractivity contribution in [1.29, 1.82) is 0 Å². The van der Waals surface area contributed by atoms with E-state index in [1.54, 1.807) is 6.20 Å². The van der Waals surface area contributed by atoms with Gasteiger partial charge in [0.1, 0.15) is 5.78 Å². The highest BCUT2D eigenvalue weighted by Gasteiger charge is 2.24. The molecule has 0 spiro atoms. The Hall–Kier alpha value is -1.30. The molecule has 1 rings (SSSR count). The Morgan fingerprint density at radius 3 is 2.50 bits per heavy atom. The van der Waals surface area contributed by atoms with Gasteiger partial charge in [-0.25, -0.2) is 4.79 Å². The summed E-state index contributed by atoms with van der Waals surface area (Å²) in [6.07, 6.45) is 1.56. The SMILES string of the molecule is COC(=O)c1c(OC(C)C)c(Br)cn1CC(C)=O. The zero-order valence-electron chi connectivity index (χ0n) is 10.8. The van der Waals surface area contributed by atoms with Crippen molar-refractivity contribution in [3.8, 4) is 5.75 Å². The topological polar surface area (TPSA) is 57.5 Å². The van der Waals surface area contributed by atoms with Crippen LogP contribution in [-0.4, -0.2) is 29.5 Å². The van der Waals surface area contributed by atoms with Crippen LogP contribution < -0.4 is 4.74 Å². The minimum absolute atomic E-state index is 0.0567. The van der Waals surface area contributed by atoms with Crippen LogP contribution in [-0.2, 0) is 16.1 Å². The van der Waals surface area contributed by atoms with Crippen molar-refractivity contribution in [3.05, 3.63) is 16.4 Å². The number of ether oxygens (including phenoxy) is 2. The predicted octanol–water partition coefficient (Wildman–Crippen LogP) is 2.41. The smallest absolute Gasteiger partial charge is 0.358 e. The molecule has 5 nitrogen and oxygen atoms in total. The molecule has 0 aliphatic rings. The number of esters is 1. The molecule has 0 saturated heterocycles. The summed E-state index contributed by atoms with van der Waals surface area (Å²) < 4.78 is 12.5. The van der Waals surface area contributed by atoms with Crippen molar-refractivity contribution in [2.24, 2.45) is 0 Å². The molecule has 1 aromatic rings. The molecule has 0 N–H and O–H groups in total. The van der Waals surface area contributed by atoms with E-state index in [0.717, 1.165) is 0 Å². The lowest BCUT2D eigenvalue weighted by molar-refractivity contribution is -0.117. The Bertz CT molecular complexity index is 465. The second-order valence-electron chi connectivity index (χ2n) is 4.14. The molecule has 1 aromatic heterocycles. The van der Waals surface area contributed by atoms with Crippen LogP contribution in [0, 0.1) is 0 Å². The molecule has 0 atom stereocenters. The number of methoxy groups -OCH3 is 1. The number of aromatic nitrogens is 1. The van der Waals surface area contributed by atoms with Crippen molar-refractivity contribution in [3.63, 3.8) is 0 Å². The highest BCUT2D eigenvalue weighted by molar-refractivity contribution is 9.10. The highest BCUT2D eigenvalue weighted by atomic mass is 79.9. The summed E-state index contributed by atoms with van der Waals surface area (Å²) in [6.45, 7) is 5.27. The van der Waals surface area contributed by atoms with E-state index in [0.29, 0.717) is 10.2 Å². The lowest BCUT2D eigenvalue weighted by atomic mass is 10.3. The average molecular weight is 318 g/mol. The second kappa shape index (κ2) is 6.04. The number of hydrogen-bond acceptors (Lipinski definition) is 4. The minimum Gasteiger partial charge on any atom is -0.487 e. The Morgan fingerprint density at radius 2 is 2.06 bits per heavy atom. The summed E-state index contributed by atoms with van der Waals surface area (Å²) in [5, 5.41) is 0. The van der Waals surface area contributed by atoms with Crippen LogP contribution in [0.2, 0.25) is 0 Å². The monoisotopic (exact) mass is 317 g/mol. The van der Waals surface area contributed by atoms with Crippen LogP contribution in [0.1, 0.15) is 31.3 Å². The third kappa shape index (κ3) is 3.35. The zero-order valence-corrected chi connectivity index (χ0v) is 12.4. The fourth-order valence-corrected chi connectivity index (χ4v) is 2.05. The molecule has 0 aliphatic carbocycles. The molecule has 0 saturated carbocycles. The van der Waals surface area contributed by atoms with Gasteiger partial charge < -0.3 is 14.0 Å². The molecule has 6 heteroatoms. The van der Waals surface area contributed by atoms with Crippen LogP contribution in [0.15, 0.2) is 10.7 Å². The molecule has 0 unspecified atom stereocenters. The molecule has 0 radical (unpaired) electrons. The maximum atomic E-state index is 11.8. The number of carbonyl (C=O) groups is 2. The van der Waals surface area contributed by atoms with Crippen molar-refractivity contribution >= 4 is 27.7 Å². The summed E-state index contributed by atoms with van der Waals surface area (Å²) in [4.78, 5) is 23.0. The average Bonchev–Trinajstić information content (AvgIpc) is 2.53. The van der Waals surface area contributed by atoms with Crippen molar-refractivity contribution < 1.29 is 19.1 Å². The van der Waals surface area contributed by atoms with Crippen LogP contribution in [0.4, 0.5) is 0 Å². The molecule has 100 valence electrons. The largest absolute Gasteiger partial charge is 0.487 e. The van der Waals surface area contributed by atoms with Gasteiger partial charge in [0.25, 0.3) is 0 Å². The van der Waals surface area contributed by atoms with E-state index in [9.17, 15) is 9.59 Å². The van der Waals surface area contributed by atoms with E-state index in [2.05, 4.69) is 15.9 Å². The molecule has 0 bridgehead atoms. The molecule has 1 heterocycles. The first kappa shape index (κ1) is 14.8. The molecular formula is C12H16BrNO4. The van der Waals surface area contributed by atoms with E-state index in [1.165, 1.54) is 18.6 Å². The van der Waals surface area contributed by atoms with E-state index in [4.69, 9.17) is 9.47 Å². The highest BCUT2D eigenvalue weighted by Crippen LogP contribution is 2.32. The quantitative estimate of drug-likeness (QED) is 0.782. The van der Waals surface area contributed by atoms with E-state index >= 15 is 0 Å². The fraction of sp³-hybridized carbons (Fsp3) is 0.500. The molecule has 18 heavy (non-hydrogen) atoms. The Morgan fingerprint density at radius 1 is 1.44 bits per heavy atom. The molecule has 0 fully saturated rings. The number of Topliss-reactive ketones (excluding diaryl/α,β-unsaturated/α-hetero) is 1. The van der Waals surface area contributed by atoms with Crippen LogP contribution >= 0.6 is 15.9 Å². The fourth-order valence-electron chi connectivity index (χ4n) is 1.52. The van der Waals surface area contributed by atoms with Crippen molar-refractivity contribution in [1.82, 2.24) is 4.57 Å². The van der Waals surface area contributed by atoms with Gasteiger partial charge in [-0.15, -0.1) is 0 Å². The van der Waals surface area contributed by atoms with Gasteiger partial charge in [0.2, 0.25) is 0 Å².